The molecular formula is C17H16O2. The molecule has 0 fully saturated rings. The topological polar surface area (TPSA) is 37.3 Å². The van der Waals surface area contributed by atoms with Gasteiger partial charge in [0.25, 0.3) is 0 Å². The highest BCUT2D eigenvalue weighted by Crippen LogP contribution is 2.35. The van der Waals surface area contributed by atoms with Gasteiger partial charge in [-0.15, -0.1) is 0 Å². The second kappa shape index (κ2) is 4.54. The lowest BCUT2D eigenvalue weighted by Crippen LogP contribution is -2.07. The number of aromatic carboxylic acids is 1. The van der Waals surface area contributed by atoms with Crippen molar-refractivity contribution in [1.29, 1.82) is 0 Å². The standard InChI is InChI=1S/C17H16O2/c1-11-13-6-3-2-5-12(13)9-10-15-14(11)7-4-8-16(15)17(18)19/h2-8,11H,9-10H2,1H3,(H,18,19). The number of rotatable bonds is 1. The van der Waals surface area contributed by atoms with Gasteiger partial charge in [-0.25, -0.2) is 4.79 Å². The van der Waals surface area contributed by atoms with Gasteiger partial charge in [-0.3, -0.25) is 0 Å². The summed E-state index contributed by atoms with van der Waals surface area (Å²) in [5.41, 5.74) is 5.27. The minimum Gasteiger partial charge on any atom is -0.478 e. The lowest BCUT2D eigenvalue weighted by molar-refractivity contribution is 0.0695. The molecule has 0 saturated carbocycles. The first-order chi connectivity index (χ1) is 9.18. The van der Waals surface area contributed by atoms with E-state index in [1.54, 1.807) is 6.07 Å². The van der Waals surface area contributed by atoms with Crippen molar-refractivity contribution in [1.82, 2.24) is 0 Å². The Kier molecular flexibility index (Phi) is 2.86. The maximum absolute atomic E-state index is 11.4. The molecule has 19 heavy (non-hydrogen) atoms. The molecule has 0 bridgehead atoms. The van der Waals surface area contributed by atoms with Crippen LogP contribution < -0.4 is 0 Å². The summed E-state index contributed by atoms with van der Waals surface area (Å²) in [6.45, 7) is 2.16. The highest BCUT2D eigenvalue weighted by Gasteiger charge is 2.23. The molecular weight excluding hydrogens is 236 g/mol. The Morgan fingerprint density at radius 1 is 1.05 bits per heavy atom. The van der Waals surface area contributed by atoms with E-state index in [1.165, 1.54) is 11.1 Å². The van der Waals surface area contributed by atoms with Crippen molar-refractivity contribution in [3.8, 4) is 0 Å². The average molecular weight is 252 g/mol. The fourth-order valence-corrected chi connectivity index (χ4v) is 3.10. The molecule has 1 atom stereocenters. The summed E-state index contributed by atoms with van der Waals surface area (Å²) in [6.07, 6.45) is 1.72. The molecule has 2 heteroatoms. The van der Waals surface area contributed by atoms with Gasteiger partial charge in [0.2, 0.25) is 0 Å². The Labute approximate surface area is 112 Å². The highest BCUT2D eigenvalue weighted by atomic mass is 16.4. The minimum absolute atomic E-state index is 0.257. The third-order valence-electron chi connectivity index (χ3n) is 4.08. The van der Waals surface area contributed by atoms with Crippen molar-refractivity contribution in [3.63, 3.8) is 0 Å². The van der Waals surface area contributed by atoms with Crippen molar-refractivity contribution in [2.45, 2.75) is 25.7 Å². The molecule has 0 spiro atoms. The first-order valence-corrected chi connectivity index (χ1v) is 6.61. The summed E-state index contributed by atoms with van der Waals surface area (Å²) >= 11 is 0. The second-order valence-corrected chi connectivity index (χ2v) is 5.10. The van der Waals surface area contributed by atoms with Gasteiger partial charge in [-0.1, -0.05) is 43.3 Å². The number of hydrogen-bond donors (Lipinski definition) is 1. The summed E-state index contributed by atoms with van der Waals surface area (Å²) in [6, 6.07) is 14.0. The molecule has 1 aliphatic rings. The predicted octanol–water partition coefficient (Wildman–Crippen LogP) is 3.64. The van der Waals surface area contributed by atoms with Crippen molar-refractivity contribution < 1.29 is 9.90 Å². The van der Waals surface area contributed by atoms with Crippen molar-refractivity contribution >= 4 is 5.97 Å². The van der Waals surface area contributed by atoms with Gasteiger partial charge < -0.3 is 5.11 Å². The number of hydrogen-bond acceptors (Lipinski definition) is 1. The zero-order chi connectivity index (χ0) is 13.4. The van der Waals surface area contributed by atoms with Crippen LogP contribution in [-0.4, -0.2) is 11.1 Å². The van der Waals surface area contributed by atoms with Gasteiger partial charge in [-0.2, -0.15) is 0 Å². The van der Waals surface area contributed by atoms with Crippen LogP contribution in [0, 0.1) is 0 Å². The number of benzene rings is 2. The van der Waals surface area contributed by atoms with Gasteiger partial charge in [0.15, 0.2) is 0 Å². The largest absolute Gasteiger partial charge is 0.478 e. The van der Waals surface area contributed by atoms with E-state index in [-0.39, 0.29) is 5.92 Å². The third kappa shape index (κ3) is 1.93. The van der Waals surface area contributed by atoms with E-state index >= 15 is 0 Å². The van der Waals surface area contributed by atoms with Crippen LogP contribution in [0.15, 0.2) is 42.5 Å². The van der Waals surface area contributed by atoms with Crippen LogP contribution in [0.5, 0.6) is 0 Å². The molecule has 1 unspecified atom stereocenters. The number of aryl methyl sites for hydroxylation is 1. The third-order valence-corrected chi connectivity index (χ3v) is 4.08. The van der Waals surface area contributed by atoms with Crippen LogP contribution >= 0.6 is 0 Å². The number of carboxylic acids is 1. The van der Waals surface area contributed by atoms with Crippen LogP contribution in [0.4, 0.5) is 0 Å². The van der Waals surface area contributed by atoms with Crippen molar-refractivity contribution in [3.05, 3.63) is 70.3 Å². The summed E-state index contributed by atoms with van der Waals surface area (Å²) in [5, 5.41) is 9.34. The fraction of sp³-hybridized carbons (Fsp3) is 0.235. The Hall–Kier alpha value is -2.09. The van der Waals surface area contributed by atoms with E-state index in [1.807, 2.05) is 6.07 Å². The molecule has 3 rings (SSSR count). The zero-order valence-electron chi connectivity index (χ0n) is 10.9. The minimum atomic E-state index is -0.824. The van der Waals surface area contributed by atoms with Gasteiger partial charge in [0, 0.05) is 5.92 Å². The molecule has 0 heterocycles. The van der Waals surface area contributed by atoms with Gasteiger partial charge in [0.1, 0.15) is 0 Å². The molecule has 0 aromatic heterocycles. The van der Waals surface area contributed by atoms with Gasteiger partial charge >= 0.3 is 5.97 Å². The van der Waals surface area contributed by atoms with Crippen molar-refractivity contribution in [2.75, 3.05) is 0 Å². The fourth-order valence-electron chi connectivity index (χ4n) is 3.10. The van der Waals surface area contributed by atoms with E-state index < -0.39 is 5.97 Å². The monoisotopic (exact) mass is 252 g/mol. The summed E-state index contributed by atoms with van der Waals surface area (Å²) in [4.78, 5) is 11.4. The molecule has 0 aliphatic heterocycles. The number of fused-ring (bicyclic) bond motifs is 2. The van der Waals surface area contributed by atoms with E-state index in [4.69, 9.17) is 0 Å². The quantitative estimate of drug-likeness (QED) is 0.841. The normalized spacial score (nSPS) is 17.2. The summed E-state index contributed by atoms with van der Waals surface area (Å²) in [5.74, 6) is -0.567. The molecule has 0 saturated heterocycles. The van der Waals surface area contributed by atoms with Crippen LogP contribution in [0.2, 0.25) is 0 Å². The van der Waals surface area contributed by atoms with Gasteiger partial charge in [-0.05, 0) is 41.2 Å². The molecule has 2 nitrogen and oxygen atoms in total. The molecule has 0 radical (unpaired) electrons. The van der Waals surface area contributed by atoms with E-state index in [0.29, 0.717) is 5.56 Å². The SMILES string of the molecule is CC1c2ccccc2CCc2c(C(=O)O)cccc21. The second-order valence-electron chi connectivity index (χ2n) is 5.10. The van der Waals surface area contributed by atoms with E-state index in [0.717, 1.165) is 24.0 Å². The number of carboxylic acid groups (broad SMARTS) is 1. The molecule has 1 aliphatic carbocycles. The average Bonchev–Trinajstić information content (AvgIpc) is 2.57. The Morgan fingerprint density at radius 3 is 2.58 bits per heavy atom. The first-order valence-electron chi connectivity index (χ1n) is 6.61. The maximum Gasteiger partial charge on any atom is 0.335 e. The Balaban J connectivity index is 2.20. The van der Waals surface area contributed by atoms with Crippen LogP contribution in [0.25, 0.3) is 0 Å². The van der Waals surface area contributed by atoms with E-state index in [2.05, 4.69) is 37.3 Å². The molecule has 1 N–H and O–H groups in total. The Morgan fingerprint density at radius 2 is 1.79 bits per heavy atom. The summed E-state index contributed by atoms with van der Waals surface area (Å²) < 4.78 is 0. The maximum atomic E-state index is 11.4. The van der Waals surface area contributed by atoms with Crippen LogP contribution in [-0.2, 0) is 12.8 Å². The summed E-state index contributed by atoms with van der Waals surface area (Å²) in [7, 11) is 0. The highest BCUT2D eigenvalue weighted by molar-refractivity contribution is 5.90. The molecule has 2 aromatic carbocycles. The smallest absolute Gasteiger partial charge is 0.335 e. The number of carbonyl (C=O) groups is 1. The molecule has 96 valence electrons. The van der Waals surface area contributed by atoms with Gasteiger partial charge in [0.05, 0.1) is 5.56 Å². The lowest BCUT2D eigenvalue weighted by atomic mass is 9.88. The van der Waals surface area contributed by atoms with E-state index in [9.17, 15) is 9.90 Å². The predicted molar refractivity (Wildman–Crippen MR) is 74.8 cm³/mol. The lowest BCUT2D eigenvalue weighted by Gasteiger charge is -2.16. The molecule has 0 amide bonds. The Bertz CT molecular complexity index is 643. The van der Waals surface area contributed by atoms with Crippen LogP contribution in [0.1, 0.15) is 45.5 Å². The van der Waals surface area contributed by atoms with Crippen molar-refractivity contribution in [2.24, 2.45) is 0 Å². The zero-order valence-corrected chi connectivity index (χ0v) is 10.9. The molecule has 2 aromatic rings. The van der Waals surface area contributed by atoms with Crippen LogP contribution in [0.3, 0.4) is 0 Å². The first kappa shape index (κ1) is 12.0.